The Morgan fingerprint density at radius 1 is 1.35 bits per heavy atom. The molecule has 0 radical (unpaired) electrons. The number of nitro benzene ring substituents is 1. The molecule has 0 saturated heterocycles. The maximum atomic E-state index is 10.8. The fourth-order valence-corrected chi connectivity index (χ4v) is 3.44. The van der Waals surface area contributed by atoms with Crippen molar-refractivity contribution in [1.82, 2.24) is 0 Å². The molecule has 5 heteroatoms. The van der Waals surface area contributed by atoms with Gasteiger partial charge in [-0.25, -0.2) is 0 Å². The lowest BCUT2D eigenvalue weighted by atomic mass is 9.98. The molecule has 110 valence electrons. The molecule has 2 rings (SSSR count). The number of benzene rings is 1. The first kappa shape index (κ1) is 15.3. The fourth-order valence-electron chi connectivity index (χ4n) is 2.91. The van der Waals surface area contributed by atoms with E-state index in [-0.39, 0.29) is 10.6 Å². The quantitative estimate of drug-likeness (QED) is 0.469. The number of nitro groups is 1. The Morgan fingerprint density at radius 2 is 2.15 bits per heavy atom. The standard InChI is InChI=1S/C15H21BrN2O2/c1-2-11-4-3-5-12(7-6-11)17-13-8-9-15(18(19)20)14(16)10-13/h8-12,17H,2-7H2,1H3. The predicted molar refractivity (Wildman–Crippen MR) is 85.1 cm³/mol. The number of nitrogens with zero attached hydrogens (tertiary/aromatic N) is 1. The smallest absolute Gasteiger partial charge is 0.283 e. The summed E-state index contributed by atoms with van der Waals surface area (Å²) in [5.74, 6) is 0.866. The van der Waals surface area contributed by atoms with Gasteiger partial charge in [-0.05, 0) is 53.2 Å². The molecule has 4 nitrogen and oxygen atoms in total. The van der Waals surface area contributed by atoms with Crippen LogP contribution in [0.15, 0.2) is 22.7 Å². The number of anilines is 1. The van der Waals surface area contributed by atoms with E-state index in [1.807, 2.05) is 0 Å². The van der Waals surface area contributed by atoms with Gasteiger partial charge in [0.25, 0.3) is 5.69 Å². The van der Waals surface area contributed by atoms with Crippen molar-refractivity contribution in [1.29, 1.82) is 0 Å². The van der Waals surface area contributed by atoms with E-state index < -0.39 is 0 Å². The van der Waals surface area contributed by atoms with Gasteiger partial charge in [0, 0.05) is 17.8 Å². The summed E-state index contributed by atoms with van der Waals surface area (Å²) < 4.78 is 0.535. The normalized spacial score (nSPS) is 23.1. The van der Waals surface area contributed by atoms with Crippen LogP contribution in [0.5, 0.6) is 0 Å². The third-order valence-electron chi connectivity index (χ3n) is 4.18. The van der Waals surface area contributed by atoms with Crippen molar-refractivity contribution in [2.45, 2.75) is 51.5 Å². The van der Waals surface area contributed by atoms with Crippen LogP contribution in [0.2, 0.25) is 0 Å². The van der Waals surface area contributed by atoms with Gasteiger partial charge in [0.2, 0.25) is 0 Å². The Bertz CT molecular complexity index is 479. The van der Waals surface area contributed by atoms with E-state index in [0.717, 1.165) is 11.6 Å². The van der Waals surface area contributed by atoms with Gasteiger partial charge in [-0.3, -0.25) is 10.1 Å². The second-order valence-electron chi connectivity index (χ2n) is 5.55. The maximum Gasteiger partial charge on any atom is 0.283 e. The first-order valence-electron chi connectivity index (χ1n) is 7.30. The molecule has 0 bridgehead atoms. The molecule has 0 aliphatic heterocycles. The Balaban J connectivity index is 1.99. The van der Waals surface area contributed by atoms with E-state index >= 15 is 0 Å². The predicted octanol–water partition coefficient (Wildman–Crippen LogP) is 5.13. The molecule has 1 aromatic rings. The van der Waals surface area contributed by atoms with Crippen molar-refractivity contribution in [2.75, 3.05) is 5.32 Å². The van der Waals surface area contributed by atoms with Crippen molar-refractivity contribution in [3.8, 4) is 0 Å². The third kappa shape index (κ3) is 3.95. The number of halogens is 1. The summed E-state index contributed by atoms with van der Waals surface area (Å²) in [4.78, 5) is 10.4. The highest BCUT2D eigenvalue weighted by Crippen LogP contribution is 2.30. The summed E-state index contributed by atoms with van der Waals surface area (Å²) in [7, 11) is 0. The average molecular weight is 341 g/mol. The molecule has 2 atom stereocenters. The van der Waals surface area contributed by atoms with Crippen LogP contribution in [0.25, 0.3) is 0 Å². The molecular weight excluding hydrogens is 320 g/mol. The molecule has 1 aromatic carbocycles. The summed E-state index contributed by atoms with van der Waals surface area (Å²) >= 11 is 3.27. The minimum absolute atomic E-state index is 0.113. The summed E-state index contributed by atoms with van der Waals surface area (Å²) in [5.41, 5.74) is 1.07. The van der Waals surface area contributed by atoms with E-state index in [4.69, 9.17) is 0 Å². The summed E-state index contributed by atoms with van der Waals surface area (Å²) in [6.07, 6.45) is 7.53. The van der Waals surface area contributed by atoms with E-state index in [2.05, 4.69) is 28.2 Å². The SMILES string of the molecule is CCC1CCCC(Nc2ccc([N+](=O)[O-])c(Br)c2)CC1. The van der Waals surface area contributed by atoms with Crippen molar-refractivity contribution < 1.29 is 4.92 Å². The minimum Gasteiger partial charge on any atom is -0.382 e. The van der Waals surface area contributed by atoms with Crippen LogP contribution >= 0.6 is 15.9 Å². The van der Waals surface area contributed by atoms with Crippen LogP contribution in [-0.2, 0) is 0 Å². The van der Waals surface area contributed by atoms with Crippen LogP contribution in [0.1, 0.15) is 45.4 Å². The summed E-state index contributed by atoms with van der Waals surface area (Å²) in [6, 6.07) is 5.64. The van der Waals surface area contributed by atoms with Gasteiger partial charge in [0.15, 0.2) is 0 Å². The van der Waals surface area contributed by atoms with Crippen LogP contribution in [0.4, 0.5) is 11.4 Å². The molecule has 1 N–H and O–H groups in total. The van der Waals surface area contributed by atoms with E-state index in [9.17, 15) is 10.1 Å². The van der Waals surface area contributed by atoms with Crippen molar-refractivity contribution in [3.05, 3.63) is 32.8 Å². The lowest BCUT2D eigenvalue weighted by Gasteiger charge is -2.18. The largest absolute Gasteiger partial charge is 0.382 e. The first-order chi connectivity index (χ1) is 9.60. The molecule has 1 fully saturated rings. The topological polar surface area (TPSA) is 55.2 Å². The highest BCUT2D eigenvalue weighted by atomic mass is 79.9. The van der Waals surface area contributed by atoms with E-state index in [1.54, 1.807) is 18.2 Å². The van der Waals surface area contributed by atoms with Gasteiger partial charge >= 0.3 is 0 Å². The minimum atomic E-state index is -0.370. The molecular formula is C15H21BrN2O2. The molecule has 1 aliphatic rings. The maximum absolute atomic E-state index is 10.8. The monoisotopic (exact) mass is 340 g/mol. The van der Waals surface area contributed by atoms with Gasteiger partial charge in [-0.2, -0.15) is 0 Å². The van der Waals surface area contributed by atoms with E-state index in [1.165, 1.54) is 38.5 Å². The van der Waals surface area contributed by atoms with E-state index in [0.29, 0.717) is 10.5 Å². The van der Waals surface area contributed by atoms with Crippen molar-refractivity contribution in [2.24, 2.45) is 5.92 Å². The summed E-state index contributed by atoms with van der Waals surface area (Å²) in [5, 5.41) is 14.3. The van der Waals surface area contributed by atoms with Crippen LogP contribution in [-0.4, -0.2) is 11.0 Å². The van der Waals surface area contributed by atoms with Crippen molar-refractivity contribution in [3.63, 3.8) is 0 Å². The molecule has 0 amide bonds. The third-order valence-corrected chi connectivity index (χ3v) is 4.82. The Hall–Kier alpha value is -1.10. The van der Waals surface area contributed by atoms with Gasteiger partial charge in [-0.15, -0.1) is 0 Å². The van der Waals surface area contributed by atoms with Crippen LogP contribution < -0.4 is 5.32 Å². The second-order valence-corrected chi connectivity index (χ2v) is 6.40. The van der Waals surface area contributed by atoms with Gasteiger partial charge in [0.1, 0.15) is 0 Å². The highest BCUT2D eigenvalue weighted by molar-refractivity contribution is 9.10. The Labute approximate surface area is 128 Å². The molecule has 1 saturated carbocycles. The average Bonchev–Trinajstić information content (AvgIpc) is 2.63. The Kier molecular flexibility index (Phi) is 5.40. The highest BCUT2D eigenvalue weighted by Gasteiger charge is 2.18. The molecule has 2 unspecified atom stereocenters. The number of rotatable bonds is 4. The molecule has 0 heterocycles. The van der Waals surface area contributed by atoms with Gasteiger partial charge in [0.05, 0.1) is 9.40 Å². The van der Waals surface area contributed by atoms with Gasteiger partial charge < -0.3 is 5.32 Å². The zero-order valence-electron chi connectivity index (χ0n) is 11.8. The lowest BCUT2D eigenvalue weighted by molar-refractivity contribution is -0.385. The van der Waals surface area contributed by atoms with Crippen molar-refractivity contribution >= 4 is 27.3 Å². The molecule has 0 spiro atoms. The number of hydrogen-bond acceptors (Lipinski definition) is 3. The number of hydrogen-bond donors (Lipinski definition) is 1. The fraction of sp³-hybridized carbons (Fsp3) is 0.600. The molecule has 20 heavy (non-hydrogen) atoms. The second kappa shape index (κ2) is 7.07. The number of nitrogens with one attached hydrogen (secondary N) is 1. The Morgan fingerprint density at radius 3 is 2.80 bits per heavy atom. The molecule has 0 aromatic heterocycles. The zero-order valence-corrected chi connectivity index (χ0v) is 13.4. The lowest BCUT2D eigenvalue weighted by Crippen LogP contribution is -2.18. The molecule has 1 aliphatic carbocycles. The van der Waals surface area contributed by atoms with Gasteiger partial charge in [-0.1, -0.05) is 26.2 Å². The van der Waals surface area contributed by atoms with Crippen LogP contribution in [0.3, 0.4) is 0 Å². The van der Waals surface area contributed by atoms with Crippen LogP contribution in [0, 0.1) is 16.0 Å². The summed E-state index contributed by atoms with van der Waals surface area (Å²) in [6.45, 7) is 2.27. The zero-order chi connectivity index (χ0) is 14.5. The first-order valence-corrected chi connectivity index (χ1v) is 8.10.